The summed E-state index contributed by atoms with van der Waals surface area (Å²) in [6, 6.07) is 6.47. The van der Waals surface area contributed by atoms with Crippen LogP contribution in [0.5, 0.6) is 17.4 Å². The molecule has 2 N–H and O–H groups in total. The molecule has 0 atom stereocenters. The summed E-state index contributed by atoms with van der Waals surface area (Å²) in [5.41, 5.74) is -1.63. The third-order valence-corrected chi connectivity index (χ3v) is 7.16. The fraction of sp³-hybridized carbons (Fsp3) is 0.269. The maximum Gasteiger partial charge on any atom is 0.435 e. The van der Waals surface area contributed by atoms with Crippen LogP contribution in [0.1, 0.15) is 21.7 Å². The molecule has 1 amide bonds. The number of nitrogens with zero attached hydrogens (tertiary/aromatic N) is 5. The van der Waals surface area contributed by atoms with Crippen LogP contribution >= 0.6 is 0 Å². The van der Waals surface area contributed by atoms with Gasteiger partial charge in [0.2, 0.25) is 21.9 Å². The van der Waals surface area contributed by atoms with E-state index in [4.69, 9.17) is 14.2 Å². The lowest BCUT2D eigenvalue weighted by Gasteiger charge is -2.15. The van der Waals surface area contributed by atoms with Crippen molar-refractivity contribution in [3.63, 3.8) is 0 Å². The molecule has 0 fully saturated rings. The van der Waals surface area contributed by atoms with Gasteiger partial charge in [-0.3, -0.25) is 4.79 Å². The van der Waals surface area contributed by atoms with Crippen LogP contribution in [0, 0.1) is 6.92 Å². The van der Waals surface area contributed by atoms with E-state index < -0.39 is 51.2 Å². The van der Waals surface area contributed by atoms with Gasteiger partial charge in [-0.25, -0.2) is 27.8 Å². The van der Waals surface area contributed by atoms with Crippen LogP contribution in [-0.2, 0) is 16.2 Å². The number of methoxy groups -OCH3 is 3. The minimum Gasteiger partial charge on any atom is -0.497 e. The summed E-state index contributed by atoms with van der Waals surface area (Å²) in [5, 5.41) is 6.52. The van der Waals surface area contributed by atoms with E-state index in [-0.39, 0.29) is 28.6 Å². The molecule has 20 heteroatoms. The lowest BCUT2D eigenvalue weighted by molar-refractivity contribution is -0.141. The van der Waals surface area contributed by atoms with Gasteiger partial charge in [-0.2, -0.15) is 36.4 Å². The van der Waals surface area contributed by atoms with E-state index >= 15 is 0 Å². The van der Waals surface area contributed by atoms with Crippen molar-refractivity contribution in [2.45, 2.75) is 19.3 Å². The van der Waals surface area contributed by atoms with Crippen LogP contribution in [0.2, 0.25) is 0 Å². The number of hydrogen-bond acceptors (Lipinski definition) is 11. The number of carbonyl (C=O) groups is 1. The number of nitrogens with one attached hydrogen (secondary N) is 2. The van der Waals surface area contributed by atoms with Crippen LogP contribution in [-0.4, -0.2) is 72.3 Å². The Labute approximate surface area is 256 Å². The smallest absolute Gasteiger partial charge is 0.435 e. The number of ether oxygens (including phenoxy) is 3. The predicted octanol–water partition coefficient (Wildman–Crippen LogP) is 4.44. The van der Waals surface area contributed by atoms with E-state index in [1.807, 2.05) is 0 Å². The normalized spacial score (nSPS) is 12.0. The number of alkyl halides is 6. The molecule has 0 radical (unpaired) electrons. The SMILES string of the molecule is COc1cc(Nc2ncc(-c3cnc(OC)c(C(=O)NS(=O)(=O)CC(F)(F)F)c3)c(-n3nc(C(F)(F)F)cc3C)n2)cc(OC)c1. The molecule has 46 heavy (non-hydrogen) atoms. The summed E-state index contributed by atoms with van der Waals surface area (Å²) >= 11 is 0. The molecular formula is C26H23F6N7O6S. The lowest BCUT2D eigenvalue weighted by atomic mass is 10.1. The van der Waals surface area contributed by atoms with Crippen LogP contribution in [0.4, 0.5) is 38.0 Å². The van der Waals surface area contributed by atoms with Gasteiger partial charge in [-0.15, -0.1) is 0 Å². The van der Waals surface area contributed by atoms with Crippen LogP contribution in [0.25, 0.3) is 16.9 Å². The molecule has 0 saturated heterocycles. The van der Waals surface area contributed by atoms with E-state index in [1.165, 1.54) is 25.9 Å². The first-order valence-corrected chi connectivity index (χ1v) is 14.3. The third kappa shape index (κ3) is 7.92. The van der Waals surface area contributed by atoms with Gasteiger partial charge < -0.3 is 19.5 Å². The molecule has 0 unspecified atom stereocenters. The fourth-order valence-corrected chi connectivity index (χ4v) is 4.90. The van der Waals surface area contributed by atoms with Gasteiger partial charge in [0.25, 0.3) is 5.91 Å². The Hall–Kier alpha value is -5.14. The van der Waals surface area contributed by atoms with Crippen molar-refractivity contribution >= 4 is 27.6 Å². The first kappa shape index (κ1) is 33.7. The molecule has 3 aromatic heterocycles. The van der Waals surface area contributed by atoms with Gasteiger partial charge in [0.1, 0.15) is 17.1 Å². The molecule has 0 bridgehead atoms. The summed E-state index contributed by atoms with van der Waals surface area (Å²) in [4.78, 5) is 25.3. The van der Waals surface area contributed by atoms with E-state index in [0.717, 1.165) is 36.3 Å². The average Bonchev–Trinajstić information content (AvgIpc) is 3.37. The third-order valence-electron chi connectivity index (χ3n) is 5.96. The first-order chi connectivity index (χ1) is 21.4. The molecule has 0 saturated carbocycles. The number of aromatic nitrogens is 5. The van der Waals surface area contributed by atoms with Gasteiger partial charge in [-0.1, -0.05) is 0 Å². The highest BCUT2D eigenvalue weighted by Gasteiger charge is 2.37. The van der Waals surface area contributed by atoms with Gasteiger partial charge in [0.15, 0.2) is 17.3 Å². The number of sulfonamides is 1. The maximum absolute atomic E-state index is 13.6. The Balaban J connectivity index is 1.85. The summed E-state index contributed by atoms with van der Waals surface area (Å²) in [5.74, 6) is -3.91. The Bertz CT molecular complexity index is 1860. The molecule has 3 heterocycles. The molecule has 0 aliphatic rings. The second-order valence-electron chi connectivity index (χ2n) is 9.32. The van der Waals surface area contributed by atoms with Gasteiger partial charge in [-0.05, 0) is 19.1 Å². The molecule has 0 aliphatic carbocycles. The first-order valence-electron chi connectivity index (χ1n) is 12.6. The maximum atomic E-state index is 13.6. The quantitative estimate of drug-likeness (QED) is 0.229. The number of rotatable bonds is 10. The number of aryl methyl sites for hydroxylation is 1. The lowest BCUT2D eigenvalue weighted by Crippen LogP contribution is -2.37. The molecule has 4 rings (SSSR count). The molecule has 0 spiro atoms. The van der Waals surface area contributed by atoms with E-state index in [1.54, 1.807) is 18.2 Å². The van der Waals surface area contributed by atoms with E-state index in [2.05, 4.69) is 25.4 Å². The number of halogens is 6. The summed E-state index contributed by atoms with van der Waals surface area (Å²) < 4.78 is 120. The van der Waals surface area contributed by atoms with Crippen LogP contribution in [0.3, 0.4) is 0 Å². The Morgan fingerprint density at radius 1 is 0.913 bits per heavy atom. The summed E-state index contributed by atoms with van der Waals surface area (Å²) in [6.45, 7) is 1.32. The standard InChI is InChI=1S/C26H23F6N7O6S/c1-13-5-20(26(30,31)32)37-39(13)21-19(11-34-24(36-21)35-15-7-16(43-2)9-17(8-15)44-3)14-6-18(23(45-4)33-10-14)22(40)38-46(41,42)12-25(27,28)29/h5-11H,12H2,1-4H3,(H,38,40)(H,34,35,36). The minimum atomic E-state index is -5.18. The predicted molar refractivity (Wildman–Crippen MR) is 149 cm³/mol. The largest absolute Gasteiger partial charge is 0.497 e. The molecule has 13 nitrogen and oxygen atoms in total. The zero-order valence-electron chi connectivity index (χ0n) is 24.1. The van der Waals surface area contributed by atoms with Crippen molar-refractivity contribution in [3.05, 3.63) is 59.7 Å². The second-order valence-corrected chi connectivity index (χ2v) is 11.0. The topological polar surface area (TPSA) is 159 Å². The van der Waals surface area contributed by atoms with E-state index in [0.29, 0.717) is 17.2 Å². The van der Waals surface area contributed by atoms with E-state index in [9.17, 15) is 39.6 Å². The van der Waals surface area contributed by atoms with Crippen molar-refractivity contribution in [1.82, 2.24) is 29.5 Å². The van der Waals surface area contributed by atoms with Crippen molar-refractivity contribution < 1.29 is 53.8 Å². The van der Waals surface area contributed by atoms with Crippen molar-refractivity contribution in [2.75, 3.05) is 32.4 Å². The van der Waals surface area contributed by atoms with Crippen LogP contribution < -0.4 is 24.2 Å². The number of benzene rings is 1. The van der Waals surface area contributed by atoms with Crippen molar-refractivity contribution in [1.29, 1.82) is 0 Å². The molecule has 4 aromatic rings. The molecule has 1 aromatic carbocycles. The summed E-state index contributed by atoms with van der Waals surface area (Å²) in [6.07, 6.45) is -7.71. The highest BCUT2D eigenvalue weighted by molar-refractivity contribution is 7.90. The molecular weight excluding hydrogens is 652 g/mol. The number of carbonyl (C=O) groups excluding carboxylic acids is 1. The minimum absolute atomic E-state index is 0.0149. The Morgan fingerprint density at radius 2 is 1.57 bits per heavy atom. The average molecular weight is 676 g/mol. The van der Waals surface area contributed by atoms with Crippen LogP contribution in [0.15, 0.2) is 42.7 Å². The number of amides is 1. The zero-order valence-corrected chi connectivity index (χ0v) is 24.9. The highest BCUT2D eigenvalue weighted by atomic mass is 32.2. The van der Waals surface area contributed by atoms with Gasteiger partial charge in [0, 0.05) is 53.1 Å². The monoisotopic (exact) mass is 675 g/mol. The summed E-state index contributed by atoms with van der Waals surface area (Å²) in [7, 11) is -1.27. The number of pyridine rings is 1. The highest BCUT2D eigenvalue weighted by Crippen LogP contribution is 2.34. The van der Waals surface area contributed by atoms with Gasteiger partial charge in [0.05, 0.1) is 21.3 Å². The Kier molecular flexibility index (Phi) is 9.31. The second kappa shape index (κ2) is 12.7. The van der Waals surface area contributed by atoms with Gasteiger partial charge >= 0.3 is 12.4 Å². The number of anilines is 2. The molecule has 0 aliphatic heterocycles. The Morgan fingerprint density at radius 3 is 2.11 bits per heavy atom. The number of hydrogen-bond donors (Lipinski definition) is 2. The fourth-order valence-electron chi connectivity index (χ4n) is 4.01. The zero-order chi connectivity index (χ0) is 34.0. The van der Waals surface area contributed by atoms with Crippen molar-refractivity contribution in [3.8, 4) is 34.3 Å². The van der Waals surface area contributed by atoms with Crippen molar-refractivity contribution in [2.24, 2.45) is 0 Å². The molecule has 246 valence electrons.